The summed E-state index contributed by atoms with van der Waals surface area (Å²) in [6, 6.07) is 3.85. The van der Waals surface area contributed by atoms with Crippen LogP contribution in [0.3, 0.4) is 0 Å². The highest BCUT2D eigenvalue weighted by atomic mass is 35.5. The van der Waals surface area contributed by atoms with E-state index in [4.69, 9.17) is 11.6 Å². The summed E-state index contributed by atoms with van der Waals surface area (Å²) in [6.07, 6.45) is 0.664. The third kappa shape index (κ3) is 3.27. The first-order chi connectivity index (χ1) is 10.3. The molecule has 118 valence electrons. The number of aromatic nitrogens is 2. The predicted octanol–water partition coefficient (Wildman–Crippen LogP) is 2.72. The molecule has 1 aliphatic rings. The zero-order valence-corrected chi connectivity index (χ0v) is 15.4. The summed E-state index contributed by atoms with van der Waals surface area (Å²) in [4.78, 5) is 10.0. The minimum Gasteiger partial charge on any atom is -0.364 e. The van der Waals surface area contributed by atoms with Gasteiger partial charge in [-0.05, 0) is 37.1 Å². The summed E-state index contributed by atoms with van der Waals surface area (Å²) in [5.74, 6) is 1.11. The van der Waals surface area contributed by atoms with E-state index in [-0.39, 0.29) is 5.28 Å². The van der Waals surface area contributed by atoms with Crippen molar-refractivity contribution in [1.82, 2.24) is 9.97 Å². The first-order valence-corrected chi connectivity index (χ1v) is 11.8. The van der Waals surface area contributed by atoms with Gasteiger partial charge in [0.15, 0.2) is 0 Å². The van der Waals surface area contributed by atoms with Crippen molar-refractivity contribution in [1.29, 1.82) is 0 Å². The second-order valence-corrected chi connectivity index (χ2v) is 11.9. The van der Waals surface area contributed by atoms with Crippen LogP contribution in [0.2, 0.25) is 5.28 Å². The van der Waals surface area contributed by atoms with E-state index >= 15 is 0 Å². The number of hydrogen-bond acceptors (Lipinski definition) is 6. The van der Waals surface area contributed by atoms with Crippen LogP contribution < -0.4 is 9.94 Å². The van der Waals surface area contributed by atoms with Crippen LogP contribution in [0.25, 0.3) is 0 Å². The van der Waals surface area contributed by atoms with Gasteiger partial charge < -0.3 is 9.88 Å². The van der Waals surface area contributed by atoms with E-state index in [9.17, 15) is 8.77 Å². The molecule has 1 N–H and O–H groups in total. The van der Waals surface area contributed by atoms with Crippen molar-refractivity contribution >= 4 is 51.3 Å². The molecule has 9 heteroatoms. The van der Waals surface area contributed by atoms with Crippen molar-refractivity contribution in [3.05, 3.63) is 28.0 Å². The van der Waals surface area contributed by atoms with E-state index in [0.717, 1.165) is 15.2 Å². The first-order valence-electron chi connectivity index (χ1n) is 6.67. The summed E-state index contributed by atoms with van der Waals surface area (Å²) in [7, 11) is -3.30. The Kier molecular flexibility index (Phi) is 4.42. The molecule has 0 amide bonds. The molecular formula is C13H15ClN3O2PS2. The smallest absolute Gasteiger partial charge is 0.224 e. The lowest BCUT2D eigenvalue weighted by Gasteiger charge is -2.08. The minimum atomic E-state index is -2.23. The number of anilines is 1. The Bertz CT molecular complexity index is 803. The maximum atomic E-state index is 12.1. The van der Waals surface area contributed by atoms with Gasteiger partial charge in [-0.15, -0.1) is 11.3 Å². The molecule has 2 aromatic rings. The molecule has 22 heavy (non-hydrogen) atoms. The highest BCUT2D eigenvalue weighted by molar-refractivity contribution is 7.85. The van der Waals surface area contributed by atoms with E-state index in [2.05, 4.69) is 15.3 Å². The van der Waals surface area contributed by atoms with Crippen molar-refractivity contribution in [2.24, 2.45) is 0 Å². The van der Waals surface area contributed by atoms with Crippen LogP contribution >= 0.6 is 30.1 Å². The van der Waals surface area contributed by atoms with E-state index < -0.39 is 17.9 Å². The molecule has 1 aliphatic heterocycles. The van der Waals surface area contributed by atoms with E-state index in [1.807, 2.05) is 12.1 Å². The largest absolute Gasteiger partial charge is 0.364 e. The molecule has 0 aliphatic carbocycles. The fraction of sp³-hybridized carbons (Fsp3) is 0.385. The van der Waals surface area contributed by atoms with Gasteiger partial charge in [-0.2, -0.15) is 4.98 Å². The Hall–Kier alpha value is -0.750. The molecule has 0 spiro atoms. The Morgan fingerprint density at radius 2 is 2.18 bits per heavy atom. The number of aryl methyl sites for hydroxylation is 1. The first kappa shape index (κ1) is 16.1. The number of thiophene rings is 1. The van der Waals surface area contributed by atoms with Crippen LogP contribution in [0.5, 0.6) is 0 Å². The lowest BCUT2D eigenvalue weighted by atomic mass is 10.3. The molecule has 0 saturated heterocycles. The molecule has 1 atom stereocenters. The van der Waals surface area contributed by atoms with Gasteiger partial charge in [-0.1, -0.05) is 0 Å². The standard InChI is InChI=1S/C13H15ClN3O2PS2/c1-20(2,18)10-4-3-8(21-10)7-15-12-11-9(5-6-22(11)19)16-13(14)17-12/h3-4H,5-7H2,1-2H3,(H,15,16,17)/t22-/m1/s1. The fourth-order valence-corrected chi connectivity index (χ4v) is 6.07. The van der Waals surface area contributed by atoms with Gasteiger partial charge in [0.1, 0.15) is 17.9 Å². The van der Waals surface area contributed by atoms with Crippen molar-refractivity contribution in [2.45, 2.75) is 17.9 Å². The number of hydrogen-bond donors (Lipinski definition) is 1. The van der Waals surface area contributed by atoms with Gasteiger partial charge in [0.05, 0.1) is 27.7 Å². The zero-order valence-electron chi connectivity index (χ0n) is 12.1. The van der Waals surface area contributed by atoms with Crippen LogP contribution in [-0.4, -0.2) is 33.3 Å². The quantitative estimate of drug-likeness (QED) is 0.657. The summed E-state index contributed by atoms with van der Waals surface area (Å²) in [5.41, 5.74) is 0.763. The van der Waals surface area contributed by atoms with Crippen LogP contribution in [0.15, 0.2) is 17.0 Å². The molecule has 2 aromatic heterocycles. The van der Waals surface area contributed by atoms with Crippen molar-refractivity contribution < 1.29 is 8.77 Å². The van der Waals surface area contributed by atoms with Gasteiger partial charge in [0, 0.05) is 17.1 Å². The molecule has 0 radical (unpaired) electrons. The van der Waals surface area contributed by atoms with Crippen LogP contribution in [0.1, 0.15) is 10.6 Å². The number of halogens is 1. The third-order valence-electron chi connectivity index (χ3n) is 3.27. The highest BCUT2D eigenvalue weighted by Crippen LogP contribution is 2.37. The van der Waals surface area contributed by atoms with Crippen molar-refractivity contribution in [3.8, 4) is 0 Å². The normalized spacial score (nSPS) is 17.5. The van der Waals surface area contributed by atoms with Crippen molar-refractivity contribution in [3.63, 3.8) is 0 Å². The number of fused-ring (bicyclic) bond motifs is 1. The Labute approximate surface area is 140 Å². The topological polar surface area (TPSA) is 72.0 Å². The lowest BCUT2D eigenvalue weighted by Crippen LogP contribution is -2.06. The summed E-state index contributed by atoms with van der Waals surface area (Å²) in [6.45, 7) is 4.05. The molecule has 5 nitrogen and oxygen atoms in total. The van der Waals surface area contributed by atoms with Gasteiger partial charge in [-0.3, -0.25) is 4.21 Å². The molecular weight excluding hydrogens is 361 g/mol. The van der Waals surface area contributed by atoms with Gasteiger partial charge in [0.25, 0.3) is 0 Å². The second kappa shape index (κ2) is 6.04. The molecule has 0 aromatic carbocycles. The van der Waals surface area contributed by atoms with Gasteiger partial charge in [0.2, 0.25) is 5.28 Å². The van der Waals surface area contributed by atoms with E-state index in [0.29, 0.717) is 29.4 Å². The second-order valence-electron chi connectivity index (χ2n) is 5.36. The molecule has 3 heterocycles. The van der Waals surface area contributed by atoms with Crippen LogP contribution in [0, 0.1) is 0 Å². The lowest BCUT2D eigenvalue weighted by molar-refractivity contribution is 0.588. The average molecular weight is 376 g/mol. The Balaban J connectivity index is 1.82. The number of nitrogens with one attached hydrogen (secondary N) is 1. The monoisotopic (exact) mass is 375 g/mol. The summed E-state index contributed by atoms with van der Waals surface area (Å²) in [5, 5.41) is 3.35. The van der Waals surface area contributed by atoms with Crippen molar-refractivity contribution in [2.75, 3.05) is 24.4 Å². The Morgan fingerprint density at radius 1 is 1.41 bits per heavy atom. The SMILES string of the molecule is CP(C)(=O)c1ccc(CNc2nc(Cl)nc3c2[S@](=O)CC3)s1. The van der Waals surface area contributed by atoms with Crippen LogP contribution in [-0.2, 0) is 28.3 Å². The van der Waals surface area contributed by atoms with E-state index in [1.165, 1.54) is 11.3 Å². The van der Waals surface area contributed by atoms with E-state index in [1.54, 1.807) is 13.3 Å². The van der Waals surface area contributed by atoms with Crippen LogP contribution in [0.4, 0.5) is 5.82 Å². The summed E-state index contributed by atoms with van der Waals surface area (Å²) < 4.78 is 25.0. The predicted molar refractivity (Wildman–Crippen MR) is 92.8 cm³/mol. The van der Waals surface area contributed by atoms with Gasteiger partial charge in [-0.25, -0.2) is 4.98 Å². The maximum absolute atomic E-state index is 12.1. The molecule has 0 unspecified atom stereocenters. The molecule has 0 bridgehead atoms. The highest BCUT2D eigenvalue weighted by Gasteiger charge is 2.25. The fourth-order valence-electron chi connectivity index (χ4n) is 2.21. The number of nitrogens with zero attached hydrogens (tertiary/aromatic N) is 2. The zero-order chi connectivity index (χ0) is 15.9. The summed E-state index contributed by atoms with van der Waals surface area (Å²) >= 11 is 7.45. The molecule has 3 rings (SSSR count). The minimum absolute atomic E-state index is 0.165. The molecule has 0 saturated carbocycles. The third-order valence-corrected chi connectivity index (χ3v) is 8.59. The Morgan fingerprint density at radius 3 is 2.86 bits per heavy atom. The van der Waals surface area contributed by atoms with Gasteiger partial charge >= 0.3 is 0 Å². The average Bonchev–Trinajstić information content (AvgIpc) is 3.03. The molecule has 0 fully saturated rings. The maximum Gasteiger partial charge on any atom is 0.224 e. The number of rotatable bonds is 4.